The van der Waals surface area contributed by atoms with Crippen molar-refractivity contribution in [2.75, 3.05) is 16.5 Å². The largest absolute Gasteiger partial charge is 0.344 e. The van der Waals surface area contributed by atoms with Crippen LogP contribution in [0.1, 0.15) is 12.0 Å². The second-order valence-corrected chi connectivity index (χ2v) is 10.1. The minimum atomic E-state index is -3.00. The maximum Gasteiger partial charge on any atom is 0.152 e. The van der Waals surface area contributed by atoms with E-state index in [1.807, 2.05) is 41.6 Å². The van der Waals surface area contributed by atoms with Crippen LogP contribution in [0.3, 0.4) is 0 Å². The van der Waals surface area contributed by atoms with Gasteiger partial charge in [-0.3, -0.25) is 5.01 Å². The van der Waals surface area contributed by atoms with E-state index in [1.165, 1.54) is 21.8 Å². The molecule has 0 radical (unpaired) electrons. The van der Waals surface area contributed by atoms with Gasteiger partial charge < -0.3 is 4.57 Å². The third kappa shape index (κ3) is 3.37. The molecule has 0 amide bonds. The average molecular weight is 418 g/mol. The number of hydrogen-bond acceptors (Lipinski definition) is 4. The van der Waals surface area contributed by atoms with Crippen molar-refractivity contribution in [2.45, 2.75) is 12.5 Å². The summed E-state index contributed by atoms with van der Waals surface area (Å²) in [7, 11) is -0.921. The third-order valence-corrected chi connectivity index (χ3v) is 7.59. The number of anilines is 1. The van der Waals surface area contributed by atoms with Crippen LogP contribution in [0.2, 0.25) is 0 Å². The van der Waals surface area contributed by atoms with Crippen molar-refractivity contribution in [3.63, 3.8) is 0 Å². The first-order valence-corrected chi connectivity index (χ1v) is 11.9. The molecular formula is C24H23N3O2S. The predicted molar refractivity (Wildman–Crippen MR) is 124 cm³/mol. The van der Waals surface area contributed by atoms with E-state index >= 15 is 0 Å². The van der Waals surface area contributed by atoms with E-state index in [4.69, 9.17) is 5.10 Å². The molecule has 30 heavy (non-hydrogen) atoms. The van der Waals surface area contributed by atoms with Crippen LogP contribution < -0.4 is 5.01 Å². The fraction of sp³-hybridized carbons (Fsp3) is 0.208. The second-order valence-electron chi connectivity index (χ2n) is 7.83. The summed E-state index contributed by atoms with van der Waals surface area (Å²) < 4.78 is 26.3. The highest BCUT2D eigenvalue weighted by atomic mass is 32.2. The molecule has 0 aliphatic carbocycles. The quantitative estimate of drug-likeness (QED) is 0.366. The zero-order valence-corrected chi connectivity index (χ0v) is 17.6. The number of aryl methyl sites for hydroxylation is 1. The standard InChI is InChI=1S/C24H23N3O2S/c1-26-23-10-6-5-9-21(23)22-15-18(11-12-24(22)26)16-25-27(19-7-3-2-4-8-19)20-13-14-30(28,29)17-20/h2-12,15-16,20H,13-14,17H2,1H3/b25-16+. The number of hydrogen-bond donors (Lipinski definition) is 0. The van der Waals surface area contributed by atoms with Crippen LogP contribution in [0, 0.1) is 0 Å². The zero-order chi connectivity index (χ0) is 20.7. The molecule has 4 aromatic rings. The molecule has 3 aromatic carbocycles. The fourth-order valence-electron chi connectivity index (χ4n) is 4.32. The summed E-state index contributed by atoms with van der Waals surface area (Å²) >= 11 is 0. The van der Waals surface area contributed by atoms with Crippen LogP contribution in [-0.2, 0) is 16.9 Å². The first-order valence-electron chi connectivity index (χ1n) is 10.1. The first-order chi connectivity index (χ1) is 14.5. The van der Waals surface area contributed by atoms with Gasteiger partial charge in [0.15, 0.2) is 9.84 Å². The fourth-order valence-corrected chi connectivity index (χ4v) is 6.01. The molecule has 1 unspecified atom stereocenters. The van der Waals surface area contributed by atoms with Crippen molar-refractivity contribution in [2.24, 2.45) is 12.1 Å². The molecule has 6 heteroatoms. The highest BCUT2D eigenvalue weighted by molar-refractivity contribution is 7.91. The van der Waals surface area contributed by atoms with E-state index in [9.17, 15) is 8.42 Å². The van der Waals surface area contributed by atoms with E-state index in [1.54, 1.807) is 0 Å². The van der Waals surface area contributed by atoms with Crippen molar-refractivity contribution in [3.8, 4) is 0 Å². The summed E-state index contributed by atoms with van der Waals surface area (Å²) in [6.45, 7) is 0. The van der Waals surface area contributed by atoms with Gasteiger partial charge in [-0.1, -0.05) is 42.5 Å². The summed E-state index contributed by atoms with van der Waals surface area (Å²) in [5.41, 5.74) is 4.27. The Morgan fingerprint density at radius 1 is 0.967 bits per heavy atom. The van der Waals surface area contributed by atoms with Gasteiger partial charge >= 0.3 is 0 Å². The van der Waals surface area contributed by atoms with Gasteiger partial charge in [-0.05, 0) is 42.3 Å². The molecule has 5 nitrogen and oxygen atoms in total. The maximum atomic E-state index is 12.0. The van der Waals surface area contributed by atoms with Crippen LogP contribution in [0.25, 0.3) is 21.8 Å². The first kappa shape index (κ1) is 18.9. The smallest absolute Gasteiger partial charge is 0.152 e. The molecule has 1 aliphatic rings. The Balaban J connectivity index is 1.54. The number of benzene rings is 3. The van der Waals surface area contributed by atoms with Crippen molar-refractivity contribution in [1.29, 1.82) is 0 Å². The lowest BCUT2D eigenvalue weighted by Crippen LogP contribution is -2.31. The van der Waals surface area contributed by atoms with Gasteiger partial charge in [0.1, 0.15) is 0 Å². The monoisotopic (exact) mass is 417 g/mol. The van der Waals surface area contributed by atoms with E-state index in [-0.39, 0.29) is 17.5 Å². The summed E-state index contributed by atoms with van der Waals surface area (Å²) in [4.78, 5) is 0. The van der Waals surface area contributed by atoms with Gasteiger partial charge in [0.25, 0.3) is 0 Å². The van der Waals surface area contributed by atoms with Crippen molar-refractivity contribution < 1.29 is 8.42 Å². The van der Waals surface area contributed by atoms with Gasteiger partial charge in [0.05, 0.1) is 29.4 Å². The van der Waals surface area contributed by atoms with E-state index < -0.39 is 9.84 Å². The minimum absolute atomic E-state index is 0.140. The van der Waals surface area contributed by atoms with Crippen molar-refractivity contribution >= 4 is 43.5 Å². The number of nitrogens with zero attached hydrogens (tertiary/aromatic N) is 3. The molecule has 2 heterocycles. The SMILES string of the molecule is Cn1c2ccccc2c2cc(/C=N/N(c3ccccc3)C3CCS(=O)(=O)C3)ccc21. The third-order valence-electron chi connectivity index (χ3n) is 5.84. The number of fused-ring (bicyclic) bond motifs is 3. The number of aromatic nitrogens is 1. The molecule has 1 aliphatic heterocycles. The molecule has 0 saturated carbocycles. The molecule has 0 bridgehead atoms. The molecule has 1 saturated heterocycles. The van der Waals surface area contributed by atoms with Gasteiger partial charge in [-0.15, -0.1) is 0 Å². The lowest BCUT2D eigenvalue weighted by Gasteiger charge is -2.25. The normalized spacial score (nSPS) is 18.5. The van der Waals surface area contributed by atoms with Gasteiger partial charge in [-0.25, -0.2) is 8.42 Å². The topological polar surface area (TPSA) is 54.7 Å². The van der Waals surface area contributed by atoms with Gasteiger partial charge in [0.2, 0.25) is 0 Å². The average Bonchev–Trinajstić information content (AvgIpc) is 3.26. The van der Waals surface area contributed by atoms with Gasteiger partial charge in [0, 0.05) is 28.9 Å². The molecule has 1 aromatic heterocycles. The Bertz CT molecular complexity index is 1360. The van der Waals surface area contributed by atoms with E-state index in [2.05, 4.69) is 54.1 Å². The Hall–Kier alpha value is -3.12. The summed E-state index contributed by atoms with van der Waals surface area (Å²) in [6.07, 6.45) is 2.43. The summed E-state index contributed by atoms with van der Waals surface area (Å²) in [5.74, 6) is 0.361. The lowest BCUT2D eigenvalue weighted by atomic mass is 10.1. The molecule has 152 valence electrons. The summed E-state index contributed by atoms with van der Waals surface area (Å²) in [5, 5.41) is 9.00. The second kappa shape index (κ2) is 7.29. The molecule has 5 rings (SSSR count). The highest BCUT2D eigenvalue weighted by Crippen LogP contribution is 2.29. The Morgan fingerprint density at radius 2 is 1.70 bits per heavy atom. The molecular weight excluding hydrogens is 394 g/mol. The van der Waals surface area contributed by atoms with Crippen LogP contribution in [0.4, 0.5) is 5.69 Å². The molecule has 1 atom stereocenters. The lowest BCUT2D eigenvalue weighted by molar-refractivity contribution is 0.600. The summed E-state index contributed by atoms with van der Waals surface area (Å²) in [6, 6.07) is 24.3. The van der Waals surface area contributed by atoms with E-state index in [0.717, 1.165) is 11.3 Å². The van der Waals surface area contributed by atoms with Crippen LogP contribution in [-0.4, -0.2) is 36.7 Å². The number of para-hydroxylation sites is 2. The minimum Gasteiger partial charge on any atom is -0.344 e. The van der Waals surface area contributed by atoms with Crippen LogP contribution >= 0.6 is 0 Å². The molecule has 0 spiro atoms. The van der Waals surface area contributed by atoms with Crippen molar-refractivity contribution in [1.82, 2.24) is 4.57 Å². The highest BCUT2D eigenvalue weighted by Gasteiger charge is 2.32. The van der Waals surface area contributed by atoms with Crippen LogP contribution in [0.15, 0.2) is 77.9 Å². The Labute approximate surface area is 176 Å². The maximum absolute atomic E-state index is 12.0. The Morgan fingerprint density at radius 3 is 2.47 bits per heavy atom. The van der Waals surface area contributed by atoms with Crippen LogP contribution in [0.5, 0.6) is 0 Å². The number of hydrazone groups is 1. The number of rotatable bonds is 4. The van der Waals surface area contributed by atoms with Gasteiger partial charge in [-0.2, -0.15) is 5.10 Å². The van der Waals surface area contributed by atoms with E-state index in [0.29, 0.717) is 6.42 Å². The predicted octanol–water partition coefficient (Wildman–Crippen LogP) is 4.36. The Kier molecular flexibility index (Phi) is 4.59. The van der Waals surface area contributed by atoms with Crippen molar-refractivity contribution in [3.05, 3.63) is 78.4 Å². The molecule has 1 fully saturated rings. The number of sulfone groups is 1. The zero-order valence-electron chi connectivity index (χ0n) is 16.8. The molecule has 0 N–H and O–H groups in total.